The maximum Gasteiger partial charge on any atom is 0.227 e. The summed E-state index contributed by atoms with van der Waals surface area (Å²) in [7, 11) is 0. The molecular formula is C10H14N2OS. The van der Waals surface area contributed by atoms with E-state index in [1.54, 1.807) is 0 Å². The Labute approximate surface area is 88.1 Å². The normalized spacial score (nSPS) is 9.79. The van der Waals surface area contributed by atoms with Crippen molar-refractivity contribution in [2.24, 2.45) is 5.73 Å². The first kappa shape index (κ1) is 10.9. The van der Waals surface area contributed by atoms with Gasteiger partial charge in [-0.15, -0.1) is 11.8 Å². The molecule has 0 saturated carbocycles. The number of carbonyl (C=O) groups excluding carboxylic acids is 1. The number of thioether (sulfide) groups is 1. The fourth-order valence-electron chi connectivity index (χ4n) is 1.08. The Morgan fingerprint density at radius 1 is 1.50 bits per heavy atom. The fourth-order valence-corrected chi connectivity index (χ4v) is 1.85. The zero-order valence-corrected chi connectivity index (χ0v) is 8.93. The van der Waals surface area contributed by atoms with Gasteiger partial charge in [-0.2, -0.15) is 0 Å². The molecule has 14 heavy (non-hydrogen) atoms. The molecule has 1 amide bonds. The van der Waals surface area contributed by atoms with Crippen molar-refractivity contribution in [2.45, 2.75) is 11.8 Å². The van der Waals surface area contributed by atoms with Crippen LogP contribution in [0.25, 0.3) is 0 Å². The summed E-state index contributed by atoms with van der Waals surface area (Å²) >= 11 is 1.46. The van der Waals surface area contributed by atoms with E-state index in [9.17, 15) is 4.79 Å². The Morgan fingerprint density at radius 3 is 2.86 bits per heavy atom. The van der Waals surface area contributed by atoms with E-state index in [-0.39, 0.29) is 5.91 Å². The average molecular weight is 210 g/mol. The molecule has 1 rings (SSSR count). The minimum absolute atomic E-state index is 0.290. The fraction of sp³-hybridized carbons (Fsp3) is 0.300. The molecule has 0 aliphatic heterocycles. The Hall–Kier alpha value is -1.16. The van der Waals surface area contributed by atoms with Crippen LogP contribution in [-0.2, 0) is 4.79 Å². The van der Waals surface area contributed by atoms with Gasteiger partial charge in [0.1, 0.15) is 0 Å². The molecule has 0 radical (unpaired) electrons. The summed E-state index contributed by atoms with van der Waals surface area (Å²) in [5.74, 6) is 0.0314. The van der Waals surface area contributed by atoms with E-state index in [1.807, 2.05) is 31.2 Å². The molecule has 1 aromatic carbocycles. The summed E-state index contributed by atoms with van der Waals surface area (Å²) < 4.78 is 0. The van der Waals surface area contributed by atoms with Gasteiger partial charge in [0.15, 0.2) is 0 Å². The van der Waals surface area contributed by atoms with Crippen LogP contribution in [0.15, 0.2) is 29.2 Å². The number of benzene rings is 1. The third-order valence-corrected chi connectivity index (χ3v) is 2.72. The second-order valence-corrected chi connectivity index (χ2v) is 3.80. The minimum Gasteiger partial charge on any atom is -0.384 e. The number of primary amides is 1. The van der Waals surface area contributed by atoms with Crippen molar-refractivity contribution in [3.05, 3.63) is 24.3 Å². The van der Waals surface area contributed by atoms with Crippen LogP contribution >= 0.6 is 11.8 Å². The summed E-state index contributed by atoms with van der Waals surface area (Å²) in [5, 5.41) is 3.23. The highest BCUT2D eigenvalue weighted by Gasteiger charge is 2.02. The number of amides is 1. The van der Waals surface area contributed by atoms with E-state index in [4.69, 9.17) is 5.73 Å². The monoisotopic (exact) mass is 210 g/mol. The third-order valence-electron chi connectivity index (χ3n) is 1.62. The van der Waals surface area contributed by atoms with E-state index < -0.39 is 0 Å². The number of hydrogen-bond donors (Lipinski definition) is 2. The lowest BCUT2D eigenvalue weighted by Crippen LogP contribution is -2.13. The van der Waals surface area contributed by atoms with E-state index >= 15 is 0 Å². The van der Waals surface area contributed by atoms with Gasteiger partial charge in [0, 0.05) is 17.1 Å². The van der Waals surface area contributed by atoms with Crippen LogP contribution in [0.2, 0.25) is 0 Å². The first-order valence-corrected chi connectivity index (χ1v) is 5.46. The van der Waals surface area contributed by atoms with Crippen molar-refractivity contribution in [2.75, 3.05) is 17.6 Å². The molecule has 0 heterocycles. The molecule has 4 heteroatoms. The summed E-state index contributed by atoms with van der Waals surface area (Å²) in [4.78, 5) is 11.7. The molecule has 76 valence electrons. The van der Waals surface area contributed by atoms with Crippen molar-refractivity contribution in [1.82, 2.24) is 0 Å². The molecule has 0 fully saturated rings. The number of anilines is 1. The number of para-hydroxylation sites is 1. The first-order chi connectivity index (χ1) is 6.74. The highest BCUT2D eigenvalue weighted by Crippen LogP contribution is 2.26. The van der Waals surface area contributed by atoms with Crippen molar-refractivity contribution in [3.8, 4) is 0 Å². The Morgan fingerprint density at radius 2 is 2.21 bits per heavy atom. The molecule has 0 saturated heterocycles. The van der Waals surface area contributed by atoms with Crippen LogP contribution in [0.3, 0.4) is 0 Å². The molecule has 0 aliphatic carbocycles. The number of rotatable bonds is 5. The highest BCUT2D eigenvalue weighted by atomic mass is 32.2. The Balaban J connectivity index is 2.68. The standard InChI is InChI=1S/C10H14N2OS/c1-2-12-8-5-3-4-6-9(8)14-7-10(11)13/h3-6,12H,2,7H2,1H3,(H2,11,13). The lowest BCUT2D eigenvalue weighted by Gasteiger charge is -2.08. The average Bonchev–Trinajstić information content (AvgIpc) is 2.17. The van der Waals surface area contributed by atoms with Gasteiger partial charge in [0.2, 0.25) is 5.91 Å². The first-order valence-electron chi connectivity index (χ1n) is 4.48. The van der Waals surface area contributed by atoms with Gasteiger partial charge in [-0.1, -0.05) is 12.1 Å². The zero-order valence-electron chi connectivity index (χ0n) is 8.12. The van der Waals surface area contributed by atoms with Crippen LogP contribution in [0.1, 0.15) is 6.92 Å². The molecule has 0 aromatic heterocycles. The van der Waals surface area contributed by atoms with E-state index in [0.717, 1.165) is 17.1 Å². The Bertz CT molecular complexity index is 315. The second kappa shape index (κ2) is 5.54. The molecule has 0 aliphatic rings. The lowest BCUT2D eigenvalue weighted by molar-refractivity contribution is -0.115. The molecule has 0 spiro atoms. The van der Waals surface area contributed by atoms with Gasteiger partial charge in [-0.05, 0) is 19.1 Å². The number of nitrogens with one attached hydrogen (secondary N) is 1. The van der Waals surface area contributed by atoms with Crippen LogP contribution in [0.4, 0.5) is 5.69 Å². The lowest BCUT2D eigenvalue weighted by atomic mass is 10.3. The molecule has 3 nitrogen and oxygen atoms in total. The van der Waals surface area contributed by atoms with Gasteiger partial charge in [-0.25, -0.2) is 0 Å². The SMILES string of the molecule is CCNc1ccccc1SCC(N)=O. The van der Waals surface area contributed by atoms with Crippen molar-refractivity contribution < 1.29 is 4.79 Å². The van der Waals surface area contributed by atoms with Crippen LogP contribution < -0.4 is 11.1 Å². The summed E-state index contributed by atoms with van der Waals surface area (Å²) in [6, 6.07) is 7.88. The van der Waals surface area contributed by atoms with Gasteiger partial charge < -0.3 is 11.1 Å². The quantitative estimate of drug-likeness (QED) is 0.727. The van der Waals surface area contributed by atoms with Gasteiger partial charge >= 0.3 is 0 Å². The molecular weight excluding hydrogens is 196 g/mol. The van der Waals surface area contributed by atoms with Crippen LogP contribution in [0, 0.1) is 0 Å². The maximum atomic E-state index is 10.6. The molecule has 3 N–H and O–H groups in total. The molecule has 0 atom stereocenters. The van der Waals surface area contributed by atoms with Gasteiger partial charge in [0.05, 0.1) is 5.75 Å². The van der Waals surface area contributed by atoms with E-state index in [1.165, 1.54) is 11.8 Å². The summed E-state index contributed by atoms with van der Waals surface area (Å²) in [6.07, 6.45) is 0. The zero-order chi connectivity index (χ0) is 10.4. The van der Waals surface area contributed by atoms with Crippen molar-refractivity contribution >= 4 is 23.4 Å². The highest BCUT2D eigenvalue weighted by molar-refractivity contribution is 8.00. The third kappa shape index (κ3) is 3.30. The van der Waals surface area contributed by atoms with E-state index in [0.29, 0.717) is 5.75 Å². The number of nitrogens with two attached hydrogens (primary N) is 1. The van der Waals surface area contributed by atoms with Gasteiger partial charge in [-0.3, -0.25) is 4.79 Å². The summed E-state index contributed by atoms with van der Waals surface area (Å²) in [5.41, 5.74) is 6.14. The second-order valence-electron chi connectivity index (χ2n) is 2.78. The number of carbonyl (C=O) groups is 1. The summed E-state index contributed by atoms with van der Waals surface area (Å²) in [6.45, 7) is 2.91. The smallest absolute Gasteiger partial charge is 0.227 e. The van der Waals surface area contributed by atoms with Crippen molar-refractivity contribution in [3.63, 3.8) is 0 Å². The van der Waals surface area contributed by atoms with Crippen LogP contribution in [0.5, 0.6) is 0 Å². The van der Waals surface area contributed by atoms with Crippen molar-refractivity contribution in [1.29, 1.82) is 0 Å². The predicted molar refractivity (Wildman–Crippen MR) is 60.5 cm³/mol. The molecule has 1 aromatic rings. The topological polar surface area (TPSA) is 55.1 Å². The molecule has 0 unspecified atom stereocenters. The predicted octanol–water partition coefficient (Wildman–Crippen LogP) is 1.70. The van der Waals surface area contributed by atoms with Crippen LogP contribution in [-0.4, -0.2) is 18.2 Å². The number of hydrogen-bond acceptors (Lipinski definition) is 3. The van der Waals surface area contributed by atoms with Gasteiger partial charge in [0.25, 0.3) is 0 Å². The maximum absolute atomic E-state index is 10.6. The minimum atomic E-state index is -0.290. The molecule has 0 bridgehead atoms. The Kier molecular flexibility index (Phi) is 4.32. The largest absolute Gasteiger partial charge is 0.384 e. The van der Waals surface area contributed by atoms with E-state index in [2.05, 4.69) is 5.32 Å².